The molecular formula is C24H35BrFN7O5S. The summed E-state index contributed by atoms with van der Waals surface area (Å²) < 4.78 is 27.5. The Labute approximate surface area is 239 Å². The Morgan fingerprint density at radius 1 is 1.05 bits per heavy atom. The first-order chi connectivity index (χ1) is 18.0. The summed E-state index contributed by atoms with van der Waals surface area (Å²) in [6.45, 7) is 11.2. The second-order valence-electron chi connectivity index (χ2n) is 11.1. The maximum absolute atomic E-state index is 15.0. The van der Waals surface area contributed by atoms with Crippen LogP contribution in [-0.4, -0.2) is 69.4 Å². The molecule has 3 rings (SSSR count). The van der Waals surface area contributed by atoms with Crippen LogP contribution in [0.15, 0.2) is 10.1 Å². The highest BCUT2D eigenvalue weighted by Gasteiger charge is 2.31. The van der Waals surface area contributed by atoms with Gasteiger partial charge in [0.05, 0.1) is 12.2 Å². The number of ether oxygens (including phenoxy) is 2. The van der Waals surface area contributed by atoms with Gasteiger partial charge in [0.25, 0.3) is 5.91 Å². The molecule has 1 aliphatic rings. The van der Waals surface area contributed by atoms with Crippen LogP contribution in [0.1, 0.15) is 64.9 Å². The van der Waals surface area contributed by atoms with Gasteiger partial charge in [0, 0.05) is 20.1 Å². The van der Waals surface area contributed by atoms with Gasteiger partial charge in [0.2, 0.25) is 0 Å². The fourth-order valence-electron chi connectivity index (χ4n) is 3.91. The lowest BCUT2D eigenvalue weighted by Gasteiger charge is -2.25. The third-order valence-electron chi connectivity index (χ3n) is 5.41. The number of halogens is 2. The first-order valence-electron chi connectivity index (χ1n) is 12.4. The molecule has 0 bridgehead atoms. The molecule has 0 saturated carbocycles. The lowest BCUT2D eigenvalue weighted by Crippen LogP contribution is -2.44. The Kier molecular flexibility index (Phi) is 9.47. The Bertz CT molecular complexity index is 1210. The third-order valence-corrected chi connectivity index (χ3v) is 6.83. The Morgan fingerprint density at radius 2 is 1.67 bits per heavy atom. The van der Waals surface area contributed by atoms with Gasteiger partial charge in [-0.2, -0.15) is 5.10 Å². The molecule has 1 fully saturated rings. The minimum absolute atomic E-state index is 0.00569. The highest BCUT2D eigenvalue weighted by molar-refractivity contribution is 9.11. The predicted octanol–water partition coefficient (Wildman–Crippen LogP) is 5.07. The van der Waals surface area contributed by atoms with Crippen LogP contribution < -0.4 is 20.9 Å². The first-order valence-corrected chi connectivity index (χ1v) is 14.0. The van der Waals surface area contributed by atoms with Crippen molar-refractivity contribution in [1.82, 2.24) is 20.1 Å². The molecule has 1 saturated heterocycles. The van der Waals surface area contributed by atoms with Crippen molar-refractivity contribution in [3.8, 4) is 0 Å². The number of amides is 3. The minimum atomic E-state index is -1.28. The topological polar surface area (TPSA) is 140 Å². The quantitative estimate of drug-likeness (QED) is 0.415. The van der Waals surface area contributed by atoms with Gasteiger partial charge in [0.15, 0.2) is 15.4 Å². The molecule has 2 atom stereocenters. The van der Waals surface area contributed by atoms with Crippen molar-refractivity contribution in [3.05, 3.63) is 15.8 Å². The number of nitrogens with zero attached hydrogens (tertiary/aromatic N) is 4. The van der Waals surface area contributed by atoms with Gasteiger partial charge >= 0.3 is 12.2 Å². The van der Waals surface area contributed by atoms with E-state index in [9.17, 15) is 18.8 Å². The Morgan fingerprint density at radius 3 is 2.31 bits per heavy atom. The van der Waals surface area contributed by atoms with Crippen molar-refractivity contribution in [2.75, 3.05) is 28.6 Å². The molecular weight excluding hydrogens is 597 g/mol. The summed E-state index contributed by atoms with van der Waals surface area (Å²) in [6.07, 6.45) is -0.687. The molecule has 0 aliphatic carbocycles. The van der Waals surface area contributed by atoms with Crippen LogP contribution in [0.25, 0.3) is 0 Å². The largest absolute Gasteiger partial charge is 0.444 e. The van der Waals surface area contributed by atoms with Gasteiger partial charge < -0.3 is 25.0 Å². The average molecular weight is 633 g/mol. The third kappa shape index (κ3) is 8.78. The molecule has 3 heterocycles. The van der Waals surface area contributed by atoms with E-state index in [1.54, 1.807) is 53.3 Å². The average Bonchev–Trinajstić information content (AvgIpc) is 3.26. The smallest absolute Gasteiger partial charge is 0.412 e. The number of alkyl halides is 1. The summed E-state index contributed by atoms with van der Waals surface area (Å²) in [5.41, 5.74) is -1.02. The van der Waals surface area contributed by atoms with Gasteiger partial charge in [-0.3, -0.25) is 14.8 Å². The number of anilines is 3. The number of hydrogen-bond acceptors (Lipinski definition) is 9. The summed E-state index contributed by atoms with van der Waals surface area (Å²) in [4.78, 5) is 43.8. The second-order valence-corrected chi connectivity index (χ2v) is 13.3. The SMILES string of the molecule is Cn1ncc(NC(=O)c2nc(Br)sc2NC(=O)OC(C)(C)C)c1N1CC[C@H](NC(=O)OC(C)(C)C)[C@@H](F)CC1. The van der Waals surface area contributed by atoms with Crippen LogP contribution in [0, 0.1) is 0 Å². The molecule has 0 spiro atoms. The number of thiazole rings is 1. The normalized spacial score (nSPS) is 18.2. The highest BCUT2D eigenvalue weighted by atomic mass is 79.9. The van der Waals surface area contributed by atoms with Crippen LogP contribution >= 0.6 is 27.3 Å². The van der Waals surface area contributed by atoms with E-state index >= 15 is 0 Å². The fourth-order valence-corrected chi connectivity index (χ4v) is 5.24. The number of hydrogen-bond donors (Lipinski definition) is 3. The number of carbonyl (C=O) groups is 3. The molecule has 15 heteroatoms. The van der Waals surface area contributed by atoms with Crippen LogP contribution in [0.2, 0.25) is 0 Å². The highest BCUT2D eigenvalue weighted by Crippen LogP contribution is 2.32. The summed E-state index contributed by atoms with van der Waals surface area (Å²) in [7, 11) is 1.72. The van der Waals surface area contributed by atoms with Gasteiger partial charge in [-0.25, -0.2) is 19.0 Å². The zero-order valence-corrected chi connectivity index (χ0v) is 25.5. The maximum atomic E-state index is 15.0. The number of nitrogens with one attached hydrogen (secondary N) is 3. The van der Waals surface area contributed by atoms with Crippen molar-refractivity contribution in [3.63, 3.8) is 0 Å². The standard InChI is InChI=1S/C24H35BrFN7O5S/c1-23(2,3)37-21(35)29-14-9-11-33(10-8-13(14)26)19-15(12-27-32(19)7)28-17(34)16-18(39-20(25)30-16)31-22(36)38-24(4,5)6/h12-14H,8-11H2,1-7H3,(H,28,34)(H,29,35)(H,31,36)/t13-,14-/m0/s1. The van der Waals surface area contributed by atoms with Gasteiger partial charge in [0.1, 0.15) is 28.1 Å². The molecule has 0 radical (unpaired) electrons. The van der Waals surface area contributed by atoms with E-state index in [4.69, 9.17) is 9.47 Å². The minimum Gasteiger partial charge on any atom is -0.444 e. The van der Waals surface area contributed by atoms with E-state index < -0.39 is 41.5 Å². The predicted molar refractivity (Wildman–Crippen MR) is 150 cm³/mol. The van der Waals surface area contributed by atoms with Crippen molar-refractivity contribution < 1.29 is 28.2 Å². The number of aryl methyl sites for hydroxylation is 1. The van der Waals surface area contributed by atoms with Crippen LogP contribution in [0.4, 0.5) is 30.5 Å². The zero-order valence-electron chi connectivity index (χ0n) is 23.1. The summed E-state index contributed by atoms with van der Waals surface area (Å²) in [5, 5.41) is 12.5. The molecule has 12 nitrogen and oxygen atoms in total. The van der Waals surface area contributed by atoms with Crippen molar-refractivity contribution in [2.24, 2.45) is 7.05 Å². The lowest BCUT2D eigenvalue weighted by atomic mass is 10.1. The molecule has 0 unspecified atom stereocenters. The second kappa shape index (κ2) is 12.1. The zero-order chi connectivity index (χ0) is 29.1. The molecule has 3 amide bonds. The van der Waals surface area contributed by atoms with Crippen LogP contribution in [0.5, 0.6) is 0 Å². The molecule has 0 aromatic carbocycles. The monoisotopic (exact) mass is 631 g/mol. The molecule has 216 valence electrons. The molecule has 39 heavy (non-hydrogen) atoms. The van der Waals surface area contributed by atoms with Crippen molar-refractivity contribution in [2.45, 2.75) is 77.8 Å². The number of rotatable bonds is 5. The van der Waals surface area contributed by atoms with E-state index in [0.717, 1.165) is 11.3 Å². The number of alkyl carbamates (subject to hydrolysis) is 1. The Hall–Kier alpha value is -2.94. The van der Waals surface area contributed by atoms with Crippen LogP contribution in [0.3, 0.4) is 0 Å². The van der Waals surface area contributed by atoms with E-state index in [1.807, 2.05) is 4.90 Å². The van der Waals surface area contributed by atoms with E-state index in [1.165, 1.54) is 6.20 Å². The van der Waals surface area contributed by atoms with Crippen molar-refractivity contribution in [1.29, 1.82) is 0 Å². The summed E-state index contributed by atoms with van der Waals surface area (Å²) >= 11 is 4.33. The van der Waals surface area contributed by atoms with Gasteiger partial charge in [-0.1, -0.05) is 11.3 Å². The lowest BCUT2D eigenvalue weighted by molar-refractivity contribution is 0.0471. The van der Waals surface area contributed by atoms with Crippen LogP contribution in [-0.2, 0) is 16.5 Å². The summed E-state index contributed by atoms with van der Waals surface area (Å²) in [6, 6.07) is -0.718. The Balaban J connectivity index is 1.73. The molecule has 1 aliphatic heterocycles. The van der Waals surface area contributed by atoms with E-state index in [2.05, 4.69) is 42.0 Å². The molecule has 3 N–H and O–H groups in total. The van der Waals surface area contributed by atoms with Crippen molar-refractivity contribution >= 4 is 61.9 Å². The van der Waals surface area contributed by atoms with Gasteiger partial charge in [-0.15, -0.1) is 0 Å². The fraction of sp³-hybridized carbons (Fsp3) is 0.625. The molecule has 2 aromatic rings. The number of aromatic nitrogens is 3. The molecule has 2 aromatic heterocycles. The first kappa shape index (κ1) is 30.6. The number of carbonyl (C=O) groups excluding carboxylic acids is 3. The van der Waals surface area contributed by atoms with Gasteiger partial charge in [-0.05, 0) is 70.3 Å². The van der Waals surface area contributed by atoms with E-state index in [-0.39, 0.29) is 17.1 Å². The maximum Gasteiger partial charge on any atom is 0.412 e. The summed E-state index contributed by atoms with van der Waals surface area (Å²) in [5.74, 6) is 0.00401. The van der Waals surface area contributed by atoms with E-state index in [0.29, 0.717) is 34.9 Å².